The third-order valence-corrected chi connectivity index (χ3v) is 9.99. The van der Waals surface area contributed by atoms with Gasteiger partial charge in [0.1, 0.15) is 6.54 Å². The van der Waals surface area contributed by atoms with E-state index in [9.17, 15) is 18.0 Å². The molecule has 0 N–H and O–H groups in total. The number of amides is 1. The average Bonchev–Trinajstić information content (AvgIpc) is 3.74. The highest BCUT2D eigenvalue weighted by Gasteiger charge is 2.41. The van der Waals surface area contributed by atoms with Crippen LogP contribution in [0.2, 0.25) is 10.0 Å². The van der Waals surface area contributed by atoms with E-state index in [0.717, 1.165) is 24.1 Å². The summed E-state index contributed by atoms with van der Waals surface area (Å²) in [7, 11) is -1.53. The minimum absolute atomic E-state index is 0.151. The van der Waals surface area contributed by atoms with E-state index in [2.05, 4.69) is 9.88 Å². The van der Waals surface area contributed by atoms with E-state index in [0.29, 0.717) is 53.7 Å². The van der Waals surface area contributed by atoms with Gasteiger partial charge in [0.2, 0.25) is 15.9 Å². The summed E-state index contributed by atoms with van der Waals surface area (Å²) in [4.78, 5) is 34.1. The topological polar surface area (TPSA) is 95.8 Å². The van der Waals surface area contributed by atoms with Crippen molar-refractivity contribution in [2.45, 2.75) is 31.2 Å². The number of nitrogens with zero attached hydrogens (tertiary/aromatic N) is 5. The Bertz CT molecular complexity index is 1520. The van der Waals surface area contributed by atoms with Crippen molar-refractivity contribution in [2.75, 3.05) is 38.1 Å². The second-order valence-electron chi connectivity index (χ2n) is 9.51. The number of benzene rings is 2. The first kappa shape index (κ1) is 26.0. The highest BCUT2D eigenvalue weighted by atomic mass is 35.5. The zero-order valence-electron chi connectivity index (χ0n) is 20.3. The fraction of sp³-hybridized carbons (Fsp3) is 0.400. The number of likely N-dealkylation sites (N-methyl/N-ethyl adjacent to an activating group) is 1. The molecule has 5 rings (SSSR count). The van der Waals surface area contributed by atoms with Crippen molar-refractivity contribution < 1.29 is 13.2 Å². The third-order valence-electron chi connectivity index (χ3n) is 6.85. The van der Waals surface area contributed by atoms with Gasteiger partial charge in [0.25, 0.3) is 5.56 Å². The lowest BCUT2D eigenvalue weighted by molar-refractivity contribution is -0.131. The van der Waals surface area contributed by atoms with Gasteiger partial charge >= 0.3 is 0 Å². The number of sulfonamides is 1. The van der Waals surface area contributed by atoms with Crippen molar-refractivity contribution >= 4 is 55.7 Å². The van der Waals surface area contributed by atoms with Gasteiger partial charge in [-0.2, -0.15) is 4.31 Å². The van der Waals surface area contributed by atoms with Crippen LogP contribution >= 0.6 is 23.2 Å². The second kappa shape index (κ2) is 10.2. The maximum Gasteiger partial charge on any atom is 0.261 e. The zero-order valence-corrected chi connectivity index (χ0v) is 22.6. The largest absolute Gasteiger partial charge is 0.369 e. The van der Waals surface area contributed by atoms with Gasteiger partial charge in [-0.1, -0.05) is 29.3 Å². The van der Waals surface area contributed by atoms with Crippen LogP contribution in [0, 0.1) is 0 Å². The lowest BCUT2D eigenvalue weighted by atomic mass is 10.2. The van der Waals surface area contributed by atoms with E-state index in [1.165, 1.54) is 15.8 Å². The molecule has 0 unspecified atom stereocenters. The molecule has 196 valence electrons. The van der Waals surface area contributed by atoms with Crippen LogP contribution in [0.5, 0.6) is 0 Å². The number of anilines is 1. The number of hydrogen-bond donors (Lipinski definition) is 0. The fourth-order valence-electron chi connectivity index (χ4n) is 4.50. The average molecular weight is 564 g/mol. The summed E-state index contributed by atoms with van der Waals surface area (Å²) in [5.41, 5.74) is 1.88. The molecule has 1 aliphatic carbocycles. The van der Waals surface area contributed by atoms with Gasteiger partial charge in [-0.25, -0.2) is 13.4 Å². The number of hydrogen-bond acceptors (Lipinski definition) is 6. The second-order valence-corrected chi connectivity index (χ2v) is 12.5. The van der Waals surface area contributed by atoms with E-state index in [1.807, 2.05) is 6.07 Å². The molecule has 3 aromatic rings. The Labute approximate surface area is 225 Å². The van der Waals surface area contributed by atoms with Crippen molar-refractivity contribution in [3.05, 3.63) is 68.7 Å². The van der Waals surface area contributed by atoms with E-state index < -0.39 is 10.0 Å². The van der Waals surface area contributed by atoms with Gasteiger partial charge in [-0.15, -0.1) is 0 Å². The summed E-state index contributed by atoms with van der Waals surface area (Å²) in [6.07, 6.45) is 2.89. The molecule has 1 aliphatic heterocycles. The van der Waals surface area contributed by atoms with Crippen LogP contribution in [0.4, 0.5) is 5.69 Å². The number of piperazine rings is 1. The van der Waals surface area contributed by atoms with Crippen LogP contribution in [0.25, 0.3) is 10.9 Å². The molecular weight excluding hydrogens is 537 g/mol. The molecule has 1 saturated heterocycles. The maximum absolute atomic E-state index is 13.2. The first-order chi connectivity index (χ1) is 17.6. The molecule has 2 fully saturated rings. The van der Waals surface area contributed by atoms with Gasteiger partial charge < -0.3 is 9.80 Å². The molecule has 1 aromatic heterocycles. The van der Waals surface area contributed by atoms with Gasteiger partial charge in [0, 0.05) is 45.5 Å². The van der Waals surface area contributed by atoms with Crippen LogP contribution in [-0.2, 0) is 27.9 Å². The summed E-state index contributed by atoms with van der Waals surface area (Å²) < 4.78 is 27.9. The molecule has 0 atom stereocenters. The molecule has 2 aromatic carbocycles. The van der Waals surface area contributed by atoms with Gasteiger partial charge in [0.15, 0.2) is 0 Å². The summed E-state index contributed by atoms with van der Waals surface area (Å²) in [6, 6.07) is 10.6. The summed E-state index contributed by atoms with van der Waals surface area (Å²) in [5, 5.41) is 1.05. The first-order valence-electron chi connectivity index (χ1n) is 12.0. The molecule has 2 aliphatic rings. The van der Waals surface area contributed by atoms with Crippen molar-refractivity contribution in [3.8, 4) is 0 Å². The Morgan fingerprint density at radius 2 is 1.78 bits per heavy atom. The molecule has 9 nitrogen and oxygen atoms in total. The Morgan fingerprint density at radius 3 is 2.46 bits per heavy atom. The number of carbonyl (C=O) groups excluding carboxylic acids is 1. The third kappa shape index (κ3) is 5.47. The molecule has 1 saturated carbocycles. The number of rotatable bonds is 7. The Morgan fingerprint density at radius 1 is 1.05 bits per heavy atom. The quantitative estimate of drug-likeness (QED) is 0.438. The summed E-state index contributed by atoms with van der Waals surface area (Å²) >= 11 is 12.0. The van der Waals surface area contributed by atoms with E-state index in [4.69, 9.17) is 23.2 Å². The molecule has 12 heteroatoms. The van der Waals surface area contributed by atoms with Crippen LogP contribution in [0.1, 0.15) is 18.4 Å². The molecule has 37 heavy (non-hydrogen) atoms. The fourth-order valence-corrected chi connectivity index (χ4v) is 6.65. The van der Waals surface area contributed by atoms with Crippen molar-refractivity contribution in [2.24, 2.45) is 0 Å². The van der Waals surface area contributed by atoms with Crippen LogP contribution < -0.4 is 10.5 Å². The summed E-state index contributed by atoms with van der Waals surface area (Å²) in [6.45, 7) is 2.11. The predicted molar refractivity (Wildman–Crippen MR) is 145 cm³/mol. The molecule has 2 heterocycles. The molecule has 0 bridgehead atoms. The molecule has 0 radical (unpaired) electrons. The minimum Gasteiger partial charge on any atom is -0.369 e. The number of carbonyl (C=O) groups is 1. The Balaban J connectivity index is 1.29. The van der Waals surface area contributed by atoms with Gasteiger partial charge in [-0.3, -0.25) is 14.2 Å². The number of aromatic nitrogens is 2. The normalized spacial score (nSPS) is 16.8. The van der Waals surface area contributed by atoms with Crippen LogP contribution in [0.3, 0.4) is 0 Å². The van der Waals surface area contributed by atoms with Crippen LogP contribution in [-0.4, -0.2) is 71.6 Å². The Kier molecular flexibility index (Phi) is 7.19. The van der Waals surface area contributed by atoms with Crippen molar-refractivity contribution in [1.29, 1.82) is 0 Å². The van der Waals surface area contributed by atoms with Gasteiger partial charge in [0.05, 0.1) is 32.5 Å². The Hall–Kier alpha value is -2.66. The molecular formula is C25H27Cl2N5O4S. The standard InChI is InChI=1S/C25H27Cl2N5O4S/c1-29(14-17-2-6-21(26)22(27)12-17)24(33)15-31-16-28-23-7-3-18(13-20(23)25(31)34)30-8-10-32(11-9-30)37(35,36)19-4-5-19/h2-3,6-7,12-13,16,19H,4-5,8-11,14-15H2,1H3. The lowest BCUT2D eigenvalue weighted by Crippen LogP contribution is -2.49. The highest BCUT2D eigenvalue weighted by molar-refractivity contribution is 7.90. The van der Waals surface area contributed by atoms with E-state index in [-0.39, 0.29) is 23.3 Å². The van der Waals surface area contributed by atoms with Crippen molar-refractivity contribution in [3.63, 3.8) is 0 Å². The first-order valence-corrected chi connectivity index (χ1v) is 14.3. The maximum atomic E-state index is 13.2. The highest BCUT2D eigenvalue weighted by Crippen LogP contribution is 2.32. The van der Waals surface area contributed by atoms with Crippen LogP contribution in [0.15, 0.2) is 47.5 Å². The predicted octanol–water partition coefficient (Wildman–Crippen LogP) is 2.98. The number of fused-ring (bicyclic) bond motifs is 1. The smallest absolute Gasteiger partial charge is 0.261 e. The number of halogens is 2. The SMILES string of the molecule is CN(Cc1ccc(Cl)c(Cl)c1)C(=O)Cn1cnc2ccc(N3CCN(S(=O)(=O)C4CC4)CC3)cc2c1=O. The molecule has 1 amide bonds. The van der Waals surface area contributed by atoms with E-state index in [1.54, 1.807) is 41.7 Å². The van der Waals surface area contributed by atoms with Crippen molar-refractivity contribution in [1.82, 2.24) is 18.8 Å². The van der Waals surface area contributed by atoms with Gasteiger partial charge in [-0.05, 0) is 48.7 Å². The zero-order chi connectivity index (χ0) is 26.3. The van der Waals surface area contributed by atoms with E-state index >= 15 is 0 Å². The minimum atomic E-state index is -3.19. The summed E-state index contributed by atoms with van der Waals surface area (Å²) in [5.74, 6) is -0.251. The lowest BCUT2D eigenvalue weighted by Gasteiger charge is -2.35. The monoisotopic (exact) mass is 563 g/mol. The molecule has 0 spiro atoms.